The van der Waals surface area contributed by atoms with Gasteiger partial charge in [0.1, 0.15) is 0 Å². The lowest BCUT2D eigenvalue weighted by Crippen LogP contribution is -2.03. The van der Waals surface area contributed by atoms with Crippen LogP contribution in [0.1, 0.15) is 26.7 Å². The molecule has 1 aromatic rings. The van der Waals surface area contributed by atoms with Gasteiger partial charge in [0.15, 0.2) is 0 Å². The summed E-state index contributed by atoms with van der Waals surface area (Å²) in [5.41, 5.74) is 10.0. The van der Waals surface area contributed by atoms with Crippen LogP contribution >= 0.6 is 24.4 Å². The molecule has 0 fully saturated rings. The van der Waals surface area contributed by atoms with Crippen LogP contribution in [0.5, 0.6) is 0 Å². The van der Waals surface area contributed by atoms with E-state index in [-0.39, 0.29) is 0 Å². The van der Waals surface area contributed by atoms with Gasteiger partial charge >= 0.3 is 0 Å². The number of hydrogen-bond donors (Lipinski definition) is 2. The van der Waals surface area contributed by atoms with E-state index in [0.29, 0.717) is 9.98 Å². The van der Waals surface area contributed by atoms with E-state index in [9.17, 15) is 0 Å². The van der Waals surface area contributed by atoms with Crippen molar-refractivity contribution in [2.24, 2.45) is 11.5 Å². The van der Waals surface area contributed by atoms with E-state index in [0.717, 1.165) is 12.8 Å². The van der Waals surface area contributed by atoms with Gasteiger partial charge in [0.2, 0.25) is 0 Å². The third-order valence-corrected chi connectivity index (χ3v) is 1.84. The van der Waals surface area contributed by atoms with E-state index in [1.807, 2.05) is 32.0 Å². The molecule has 0 amide bonds. The molecule has 3 nitrogen and oxygen atoms in total. The Hall–Kier alpha value is -1.07. The average molecular weight is 257 g/mol. The number of thiocarbonyl (C=S) groups is 2. The van der Waals surface area contributed by atoms with Crippen LogP contribution in [0, 0.1) is 0 Å². The van der Waals surface area contributed by atoms with Gasteiger partial charge in [0.05, 0.1) is 9.98 Å². The molecule has 90 valence electrons. The predicted octanol–water partition coefficient (Wildman–Crippen LogP) is 2.45. The fraction of sp³-hybridized carbons (Fsp3) is 0.364. The summed E-state index contributed by atoms with van der Waals surface area (Å²) in [4.78, 5) is 4.96. The molecule has 1 heterocycles. The van der Waals surface area contributed by atoms with Crippen LogP contribution in [-0.4, -0.2) is 15.0 Å². The molecule has 0 radical (unpaired) electrons. The van der Waals surface area contributed by atoms with Crippen molar-refractivity contribution in [1.29, 1.82) is 0 Å². The van der Waals surface area contributed by atoms with Crippen molar-refractivity contribution in [2.75, 3.05) is 0 Å². The van der Waals surface area contributed by atoms with Gasteiger partial charge in [-0.3, -0.25) is 4.98 Å². The van der Waals surface area contributed by atoms with Crippen molar-refractivity contribution in [3.8, 4) is 0 Å². The van der Waals surface area contributed by atoms with Gasteiger partial charge in [-0.2, -0.15) is 0 Å². The minimum Gasteiger partial charge on any atom is -0.393 e. The molecule has 0 aliphatic rings. The summed E-state index contributed by atoms with van der Waals surface area (Å²) >= 11 is 8.95. The number of hydrogen-bond acceptors (Lipinski definition) is 3. The molecule has 0 spiro atoms. The summed E-state index contributed by atoms with van der Waals surface area (Å²) in [5, 5.41) is 0. The third kappa shape index (κ3) is 23.1. The van der Waals surface area contributed by atoms with Crippen molar-refractivity contribution in [3.05, 3.63) is 30.6 Å². The van der Waals surface area contributed by atoms with Crippen LogP contribution in [0.25, 0.3) is 0 Å². The molecular formula is C11H19N3S2. The smallest absolute Gasteiger partial charge is 0.0724 e. The Morgan fingerprint density at radius 3 is 1.31 bits per heavy atom. The number of pyridine rings is 1. The lowest BCUT2D eigenvalue weighted by atomic mass is 10.5. The van der Waals surface area contributed by atoms with E-state index in [2.05, 4.69) is 29.4 Å². The van der Waals surface area contributed by atoms with Crippen LogP contribution in [0.2, 0.25) is 0 Å². The largest absolute Gasteiger partial charge is 0.393 e. The summed E-state index contributed by atoms with van der Waals surface area (Å²) in [6.45, 7) is 3.87. The van der Waals surface area contributed by atoms with Crippen LogP contribution in [0.15, 0.2) is 30.6 Å². The summed E-state index contributed by atoms with van der Waals surface area (Å²) in [5.74, 6) is 0. The Balaban J connectivity index is 0. The molecular weight excluding hydrogens is 238 g/mol. The van der Waals surface area contributed by atoms with Gasteiger partial charge in [-0.15, -0.1) is 0 Å². The van der Waals surface area contributed by atoms with Crippen molar-refractivity contribution in [2.45, 2.75) is 26.7 Å². The number of rotatable bonds is 2. The van der Waals surface area contributed by atoms with Gasteiger partial charge in [-0.25, -0.2) is 0 Å². The summed E-state index contributed by atoms with van der Waals surface area (Å²) in [7, 11) is 0. The molecule has 0 saturated heterocycles. The molecule has 0 aliphatic heterocycles. The first-order valence-corrected chi connectivity index (χ1v) is 5.77. The summed E-state index contributed by atoms with van der Waals surface area (Å²) in [6, 6.07) is 5.72. The fourth-order valence-electron chi connectivity index (χ4n) is 0.313. The van der Waals surface area contributed by atoms with E-state index in [1.165, 1.54) is 0 Å². The lowest BCUT2D eigenvalue weighted by molar-refractivity contribution is 1.29. The highest BCUT2D eigenvalue weighted by atomic mass is 32.1. The van der Waals surface area contributed by atoms with Gasteiger partial charge in [0, 0.05) is 12.4 Å². The minimum atomic E-state index is 0.588. The number of nitrogens with zero attached hydrogens (tertiary/aromatic N) is 1. The second-order valence-corrected chi connectivity index (χ2v) is 3.71. The Morgan fingerprint density at radius 1 is 0.938 bits per heavy atom. The van der Waals surface area contributed by atoms with Gasteiger partial charge in [-0.05, 0) is 25.0 Å². The molecule has 0 aliphatic carbocycles. The predicted molar refractivity (Wildman–Crippen MR) is 78.4 cm³/mol. The van der Waals surface area contributed by atoms with Crippen molar-refractivity contribution in [1.82, 2.24) is 4.98 Å². The Kier molecular flexibility index (Phi) is 15.1. The second kappa shape index (κ2) is 13.9. The van der Waals surface area contributed by atoms with Crippen LogP contribution in [0.3, 0.4) is 0 Å². The zero-order valence-corrected chi connectivity index (χ0v) is 11.4. The highest BCUT2D eigenvalue weighted by Gasteiger charge is 1.71. The van der Waals surface area contributed by atoms with Crippen molar-refractivity contribution >= 4 is 34.4 Å². The summed E-state index contributed by atoms with van der Waals surface area (Å²) < 4.78 is 0. The van der Waals surface area contributed by atoms with Crippen LogP contribution < -0.4 is 11.5 Å². The quantitative estimate of drug-likeness (QED) is 0.797. The first-order valence-electron chi connectivity index (χ1n) is 4.96. The Morgan fingerprint density at radius 2 is 1.25 bits per heavy atom. The summed E-state index contributed by atoms with van der Waals surface area (Å²) in [6.07, 6.45) is 5.13. The maximum absolute atomic E-state index is 5.02. The van der Waals surface area contributed by atoms with E-state index >= 15 is 0 Å². The molecule has 0 bridgehead atoms. The molecule has 5 heteroatoms. The molecule has 1 rings (SSSR count). The first kappa shape index (κ1) is 17.3. The highest BCUT2D eigenvalue weighted by Crippen LogP contribution is 1.73. The van der Waals surface area contributed by atoms with Crippen molar-refractivity contribution in [3.63, 3.8) is 0 Å². The molecule has 16 heavy (non-hydrogen) atoms. The standard InChI is InChI=1S/C5H5N.2C3H7NS/c1-2-4-6-5-3-1;2*1-2-3(4)5/h1-5H;2*2H2,1H3,(H2,4,5). The monoisotopic (exact) mass is 257 g/mol. The van der Waals surface area contributed by atoms with Gasteiger partial charge < -0.3 is 11.5 Å². The molecule has 0 saturated carbocycles. The maximum Gasteiger partial charge on any atom is 0.0724 e. The van der Waals surface area contributed by atoms with E-state index in [1.54, 1.807) is 12.4 Å². The first-order chi connectivity index (χ1) is 7.54. The van der Waals surface area contributed by atoms with Crippen LogP contribution in [-0.2, 0) is 0 Å². The normalized spacial score (nSPS) is 7.62. The highest BCUT2D eigenvalue weighted by molar-refractivity contribution is 7.80. The number of nitrogens with two attached hydrogens (primary N) is 2. The Bertz CT molecular complexity index is 235. The molecule has 0 unspecified atom stereocenters. The second-order valence-electron chi connectivity index (χ2n) is 2.66. The van der Waals surface area contributed by atoms with Gasteiger partial charge in [-0.1, -0.05) is 44.3 Å². The maximum atomic E-state index is 5.02. The molecule has 4 N–H and O–H groups in total. The lowest BCUT2D eigenvalue weighted by Gasteiger charge is -1.78. The Labute approximate surface area is 108 Å². The minimum absolute atomic E-state index is 0.588. The van der Waals surface area contributed by atoms with Crippen molar-refractivity contribution < 1.29 is 0 Å². The van der Waals surface area contributed by atoms with E-state index < -0.39 is 0 Å². The number of aromatic nitrogens is 1. The zero-order chi connectivity index (χ0) is 12.8. The molecule has 1 aromatic heterocycles. The average Bonchev–Trinajstić information content (AvgIpc) is 2.32. The fourth-order valence-corrected chi connectivity index (χ4v) is 0.313. The molecule has 0 atom stereocenters. The van der Waals surface area contributed by atoms with E-state index in [4.69, 9.17) is 11.5 Å². The van der Waals surface area contributed by atoms with Crippen LogP contribution in [0.4, 0.5) is 0 Å². The third-order valence-electron chi connectivity index (χ3n) is 1.26. The topological polar surface area (TPSA) is 64.9 Å². The van der Waals surface area contributed by atoms with Gasteiger partial charge in [0.25, 0.3) is 0 Å². The molecule has 0 aromatic carbocycles. The SMILES string of the molecule is CCC(N)=S.CCC(N)=S.c1ccncc1. The zero-order valence-electron chi connectivity index (χ0n) is 9.72.